The lowest BCUT2D eigenvalue weighted by Gasteiger charge is -2.09. The van der Waals surface area contributed by atoms with Crippen molar-refractivity contribution in [2.24, 2.45) is 0 Å². The zero-order chi connectivity index (χ0) is 17.6. The standard InChI is InChI=1S/C17H15N5O3/c1-25-15-7-5-12(6-8-15)16(23)20-14-4-2-3-13(9-14)17(24)21-22-10-18-19-11-22/h2-11H,1H3,(H,20,23)(H,21,24). The van der Waals surface area contributed by atoms with Gasteiger partial charge in [0.1, 0.15) is 18.4 Å². The van der Waals surface area contributed by atoms with Gasteiger partial charge in [0.05, 0.1) is 7.11 Å². The predicted molar refractivity (Wildman–Crippen MR) is 91.1 cm³/mol. The minimum absolute atomic E-state index is 0.279. The fourth-order valence-corrected chi connectivity index (χ4v) is 2.12. The number of nitrogens with zero attached hydrogens (tertiary/aromatic N) is 3. The van der Waals surface area contributed by atoms with Crippen LogP contribution in [0.2, 0.25) is 0 Å². The van der Waals surface area contributed by atoms with Gasteiger partial charge in [-0.3, -0.25) is 15.0 Å². The SMILES string of the molecule is COc1ccc(C(=O)Nc2cccc(C(=O)Nn3cnnc3)c2)cc1. The summed E-state index contributed by atoms with van der Waals surface area (Å²) in [5.74, 6) is 0.0450. The monoisotopic (exact) mass is 337 g/mol. The summed E-state index contributed by atoms with van der Waals surface area (Å²) in [6, 6.07) is 13.4. The Morgan fingerprint density at radius 2 is 1.68 bits per heavy atom. The van der Waals surface area contributed by atoms with Crippen LogP contribution >= 0.6 is 0 Å². The lowest BCUT2D eigenvalue weighted by molar-refractivity contribution is 0.100. The van der Waals surface area contributed by atoms with Gasteiger partial charge < -0.3 is 10.1 Å². The first-order valence-electron chi connectivity index (χ1n) is 7.37. The Morgan fingerprint density at radius 3 is 2.36 bits per heavy atom. The molecule has 2 aromatic carbocycles. The first kappa shape index (κ1) is 16.2. The molecule has 0 unspecified atom stereocenters. The van der Waals surface area contributed by atoms with Gasteiger partial charge in [-0.25, -0.2) is 4.68 Å². The van der Waals surface area contributed by atoms with E-state index in [1.807, 2.05) is 0 Å². The van der Waals surface area contributed by atoms with Gasteiger partial charge in [0.25, 0.3) is 11.8 Å². The number of rotatable bonds is 5. The van der Waals surface area contributed by atoms with Crippen molar-refractivity contribution >= 4 is 17.5 Å². The van der Waals surface area contributed by atoms with Crippen LogP contribution in [0, 0.1) is 0 Å². The maximum absolute atomic E-state index is 12.3. The zero-order valence-electron chi connectivity index (χ0n) is 13.3. The van der Waals surface area contributed by atoms with Crippen LogP contribution in [0.25, 0.3) is 0 Å². The van der Waals surface area contributed by atoms with Crippen molar-refractivity contribution in [3.05, 3.63) is 72.3 Å². The number of carbonyl (C=O) groups excluding carboxylic acids is 2. The highest BCUT2D eigenvalue weighted by Crippen LogP contribution is 2.15. The molecule has 0 saturated carbocycles. The number of amides is 2. The van der Waals surface area contributed by atoms with Crippen LogP contribution < -0.4 is 15.5 Å². The first-order chi connectivity index (χ1) is 12.2. The maximum Gasteiger partial charge on any atom is 0.270 e. The van der Waals surface area contributed by atoms with Gasteiger partial charge in [0.2, 0.25) is 0 Å². The quantitative estimate of drug-likeness (QED) is 0.741. The zero-order valence-corrected chi connectivity index (χ0v) is 13.3. The maximum atomic E-state index is 12.3. The van der Waals surface area contributed by atoms with E-state index in [9.17, 15) is 9.59 Å². The van der Waals surface area contributed by atoms with Crippen molar-refractivity contribution in [2.75, 3.05) is 17.9 Å². The van der Waals surface area contributed by atoms with Gasteiger partial charge in [-0.05, 0) is 42.5 Å². The van der Waals surface area contributed by atoms with Gasteiger partial charge in [0.15, 0.2) is 0 Å². The van der Waals surface area contributed by atoms with Gasteiger partial charge >= 0.3 is 0 Å². The molecule has 0 atom stereocenters. The van der Waals surface area contributed by atoms with Crippen LogP contribution in [0.4, 0.5) is 5.69 Å². The molecular formula is C17H15N5O3. The van der Waals surface area contributed by atoms with E-state index in [1.165, 1.54) is 17.3 Å². The molecule has 0 bridgehead atoms. The molecule has 0 spiro atoms. The summed E-state index contributed by atoms with van der Waals surface area (Å²) < 4.78 is 6.40. The number of hydrogen-bond donors (Lipinski definition) is 2. The molecule has 0 aliphatic carbocycles. The summed E-state index contributed by atoms with van der Waals surface area (Å²) in [6.07, 6.45) is 2.74. The number of aromatic nitrogens is 3. The first-order valence-corrected chi connectivity index (χ1v) is 7.37. The largest absolute Gasteiger partial charge is 0.497 e. The molecule has 3 rings (SSSR count). The fraction of sp³-hybridized carbons (Fsp3) is 0.0588. The van der Waals surface area contributed by atoms with Crippen LogP contribution in [-0.4, -0.2) is 33.8 Å². The summed E-state index contributed by atoms with van der Waals surface area (Å²) in [7, 11) is 1.56. The highest BCUT2D eigenvalue weighted by atomic mass is 16.5. The van der Waals surface area contributed by atoms with E-state index in [-0.39, 0.29) is 11.8 Å². The molecule has 3 aromatic rings. The van der Waals surface area contributed by atoms with Crippen molar-refractivity contribution < 1.29 is 14.3 Å². The van der Waals surface area contributed by atoms with Crippen molar-refractivity contribution in [1.29, 1.82) is 0 Å². The minimum Gasteiger partial charge on any atom is -0.497 e. The molecule has 0 radical (unpaired) electrons. The molecule has 1 heterocycles. The highest BCUT2D eigenvalue weighted by Gasteiger charge is 2.10. The van der Waals surface area contributed by atoms with Crippen LogP contribution in [0.1, 0.15) is 20.7 Å². The van der Waals surface area contributed by atoms with Crippen molar-refractivity contribution in [2.45, 2.75) is 0 Å². The van der Waals surface area contributed by atoms with E-state index < -0.39 is 0 Å². The van der Waals surface area contributed by atoms with E-state index in [0.717, 1.165) is 0 Å². The normalized spacial score (nSPS) is 10.1. The molecule has 2 amide bonds. The smallest absolute Gasteiger partial charge is 0.270 e. The summed E-state index contributed by atoms with van der Waals surface area (Å²) >= 11 is 0. The number of hydrogen-bond acceptors (Lipinski definition) is 5. The topological polar surface area (TPSA) is 98.1 Å². The van der Waals surface area contributed by atoms with Gasteiger partial charge in [-0.1, -0.05) is 6.07 Å². The Morgan fingerprint density at radius 1 is 0.960 bits per heavy atom. The molecule has 25 heavy (non-hydrogen) atoms. The molecule has 2 N–H and O–H groups in total. The molecule has 0 fully saturated rings. The predicted octanol–water partition coefficient (Wildman–Crippen LogP) is 1.92. The van der Waals surface area contributed by atoms with Crippen molar-refractivity contribution in [1.82, 2.24) is 14.9 Å². The fourth-order valence-electron chi connectivity index (χ4n) is 2.12. The molecule has 0 aliphatic heterocycles. The minimum atomic E-state index is -0.347. The van der Waals surface area contributed by atoms with E-state index in [2.05, 4.69) is 20.9 Å². The molecule has 1 aromatic heterocycles. The van der Waals surface area contributed by atoms with Crippen LogP contribution in [0.15, 0.2) is 61.2 Å². The summed E-state index contributed by atoms with van der Waals surface area (Å²) in [4.78, 5) is 24.5. The van der Waals surface area contributed by atoms with Crippen molar-refractivity contribution in [3.8, 4) is 5.75 Å². The number of methoxy groups -OCH3 is 1. The number of benzene rings is 2. The average Bonchev–Trinajstić information content (AvgIpc) is 3.15. The molecule has 0 aliphatic rings. The molecule has 8 nitrogen and oxygen atoms in total. The number of carbonyl (C=O) groups is 2. The third-order valence-corrected chi connectivity index (χ3v) is 3.38. The van der Waals surface area contributed by atoms with E-state index in [4.69, 9.17) is 4.74 Å². The second kappa shape index (κ2) is 7.26. The molecule has 0 saturated heterocycles. The van der Waals surface area contributed by atoms with E-state index in [0.29, 0.717) is 22.6 Å². The third kappa shape index (κ3) is 3.99. The molecule has 8 heteroatoms. The van der Waals surface area contributed by atoms with Gasteiger partial charge in [-0.15, -0.1) is 10.2 Å². The Kier molecular flexibility index (Phi) is 4.70. The van der Waals surface area contributed by atoms with Gasteiger partial charge in [-0.2, -0.15) is 0 Å². The Labute approximate surface area is 143 Å². The van der Waals surface area contributed by atoms with Crippen molar-refractivity contribution in [3.63, 3.8) is 0 Å². The molecular weight excluding hydrogens is 322 g/mol. The van der Waals surface area contributed by atoms with Gasteiger partial charge in [0, 0.05) is 16.8 Å². The Bertz CT molecular complexity index is 876. The third-order valence-electron chi connectivity index (χ3n) is 3.38. The van der Waals surface area contributed by atoms with E-state index in [1.54, 1.807) is 55.6 Å². The second-order valence-electron chi connectivity index (χ2n) is 5.07. The summed E-state index contributed by atoms with van der Waals surface area (Å²) in [6.45, 7) is 0. The summed E-state index contributed by atoms with van der Waals surface area (Å²) in [5.41, 5.74) is 3.98. The second-order valence-corrected chi connectivity index (χ2v) is 5.07. The van der Waals surface area contributed by atoms with Crippen LogP contribution in [-0.2, 0) is 0 Å². The lowest BCUT2D eigenvalue weighted by Crippen LogP contribution is -2.21. The van der Waals surface area contributed by atoms with Crippen LogP contribution in [0.3, 0.4) is 0 Å². The van der Waals surface area contributed by atoms with Crippen LogP contribution in [0.5, 0.6) is 5.75 Å². The number of ether oxygens (including phenoxy) is 1. The Hall–Kier alpha value is -3.68. The Balaban J connectivity index is 1.70. The summed E-state index contributed by atoms with van der Waals surface area (Å²) in [5, 5.41) is 9.97. The number of nitrogens with one attached hydrogen (secondary N) is 2. The molecule has 126 valence electrons. The van der Waals surface area contributed by atoms with E-state index >= 15 is 0 Å². The lowest BCUT2D eigenvalue weighted by atomic mass is 10.1. The highest BCUT2D eigenvalue weighted by molar-refractivity contribution is 6.06. The average molecular weight is 337 g/mol. The number of anilines is 1.